The summed E-state index contributed by atoms with van der Waals surface area (Å²) in [5.41, 5.74) is 0. The Bertz CT molecular complexity index is 21.4. The highest BCUT2D eigenvalue weighted by molar-refractivity contribution is 6.92. The first kappa shape index (κ1) is 8690. The lowest BCUT2D eigenvalue weighted by Gasteiger charge is -0.345. The monoisotopic (exact) mass is 282 g/mol. The van der Waals surface area contributed by atoms with Crippen LogP contribution in [-0.4, -0.2) is 0 Å². The molecule has 0 amide bonds. The van der Waals surface area contributed by atoms with Gasteiger partial charge in [-0.25, -0.2) is 0 Å². The van der Waals surface area contributed by atoms with Crippen LogP contribution in [0.4, 0.5) is 0 Å². The zero-order chi connectivity index (χ0) is 0. The molecular formula is C7H52N6P2. The van der Waals surface area contributed by atoms with Crippen molar-refractivity contribution in [3.63, 3.8) is 0 Å². The molecule has 8 heteroatoms. The second-order valence-electron chi connectivity index (χ2n) is 0. The van der Waals surface area contributed by atoms with E-state index in [-0.39, 0.29) is 109 Å². The minimum absolute atomic E-state index is 0. The van der Waals surface area contributed by atoms with Gasteiger partial charge in [0.2, 0.25) is 0 Å². The molecule has 0 saturated carbocycles. The Morgan fingerprint density at radius 1 is 0.200 bits per heavy atom. The molecule has 0 aliphatic heterocycles. The van der Waals surface area contributed by atoms with Crippen LogP contribution < -0.4 is 36.9 Å². The Kier molecular flexibility index (Phi) is 4090000. The van der Waals surface area contributed by atoms with E-state index in [1.165, 1.54) is 0 Å². The third-order valence-corrected chi connectivity index (χ3v) is 0. The number of hydrogen-bond donors (Lipinski definition) is 6. The largest absolute Gasteiger partial charge is 0.344 e. The lowest BCUT2D eigenvalue weighted by molar-refractivity contribution is 2.13. The highest BCUT2D eigenvalue weighted by Gasteiger charge is -0.0712. The molecule has 0 aliphatic rings. The van der Waals surface area contributed by atoms with E-state index in [1.54, 1.807) is 0 Å². The minimum atomic E-state index is 0. The van der Waals surface area contributed by atoms with E-state index in [2.05, 4.69) is 0 Å². The zero-order valence-corrected chi connectivity index (χ0v) is 8.49. The molecule has 15 heavy (non-hydrogen) atoms. The topological polar surface area (TPSA) is 210 Å². The summed E-state index contributed by atoms with van der Waals surface area (Å²) in [7, 11) is 0. The summed E-state index contributed by atoms with van der Waals surface area (Å²) in [6.45, 7) is 0. The van der Waals surface area contributed by atoms with Crippen molar-refractivity contribution >= 4 is 19.8 Å². The van der Waals surface area contributed by atoms with Crippen LogP contribution >= 0.6 is 19.8 Å². The third kappa shape index (κ3) is 6060. The van der Waals surface area contributed by atoms with Crippen molar-refractivity contribution in [3.05, 3.63) is 0 Å². The molecule has 0 aromatic carbocycles. The molecule has 18 N–H and O–H groups in total. The Balaban J connectivity index is 0. The number of rotatable bonds is 0. The summed E-state index contributed by atoms with van der Waals surface area (Å²) in [4.78, 5) is 0. The van der Waals surface area contributed by atoms with Crippen LogP contribution in [0.5, 0.6) is 0 Å². The molecule has 120 valence electrons. The summed E-state index contributed by atoms with van der Waals surface area (Å²) < 4.78 is 0. The minimum Gasteiger partial charge on any atom is -0.344 e. The van der Waals surface area contributed by atoms with Crippen LogP contribution in [0, 0.1) is 0 Å². The lowest BCUT2D eigenvalue weighted by Crippen LogP contribution is -0.482. The first-order chi connectivity index (χ1) is 0. The van der Waals surface area contributed by atoms with Crippen LogP contribution in [0.15, 0.2) is 0 Å². The van der Waals surface area contributed by atoms with Crippen molar-refractivity contribution < 1.29 is 0 Å². The Labute approximate surface area is 109 Å². The highest BCUT2D eigenvalue weighted by Crippen LogP contribution is 0.862. The molecular weight excluding hydrogens is 230 g/mol. The van der Waals surface area contributed by atoms with Gasteiger partial charge >= 0.3 is 0 Å². The Hall–Kier alpha value is 0.620. The van der Waals surface area contributed by atoms with Crippen LogP contribution in [0.1, 0.15) is 52.0 Å². The maximum absolute atomic E-state index is 0. The van der Waals surface area contributed by atoms with Crippen molar-refractivity contribution in [3.8, 4) is 0 Å². The fraction of sp³-hybridized carbons (Fsp3) is 1.00. The summed E-state index contributed by atoms with van der Waals surface area (Å²) in [6, 6.07) is 0. The summed E-state index contributed by atoms with van der Waals surface area (Å²) in [5.74, 6) is 0. The quantitative estimate of drug-likeness (QED) is 0.313. The SMILES string of the molecule is C.C.C.C.C.C.C.N.N.N.N.N.N.P.P. The molecule has 2 atom stereocenters. The highest BCUT2D eigenvalue weighted by atomic mass is 31.0. The van der Waals surface area contributed by atoms with Crippen molar-refractivity contribution in [1.82, 2.24) is 36.9 Å². The fourth-order valence-electron chi connectivity index (χ4n) is 0. The molecule has 0 spiro atoms. The van der Waals surface area contributed by atoms with Gasteiger partial charge in [0.15, 0.2) is 0 Å². The second-order valence-corrected chi connectivity index (χ2v) is 0. The normalized spacial score (nSPS) is 0. The molecule has 0 rings (SSSR count). The van der Waals surface area contributed by atoms with E-state index < -0.39 is 0 Å². The fourth-order valence-corrected chi connectivity index (χ4v) is 0. The average molecular weight is 282 g/mol. The van der Waals surface area contributed by atoms with Crippen LogP contribution in [-0.2, 0) is 0 Å². The second kappa shape index (κ2) is 7060. The van der Waals surface area contributed by atoms with Crippen LogP contribution in [0.3, 0.4) is 0 Å². The smallest absolute Gasteiger partial charge is 0.0776 e. The molecule has 0 aliphatic carbocycles. The molecule has 0 bridgehead atoms. The molecule has 0 saturated heterocycles. The van der Waals surface area contributed by atoms with E-state index in [4.69, 9.17) is 0 Å². The van der Waals surface area contributed by atoms with E-state index in [0.29, 0.717) is 0 Å². The summed E-state index contributed by atoms with van der Waals surface area (Å²) >= 11 is 0. The Morgan fingerprint density at radius 3 is 0.200 bits per heavy atom. The standard InChI is InChI=1S/7CH4.6H3N.2H3P/h7*1H4;8*1H3. The van der Waals surface area contributed by atoms with Crippen LogP contribution in [0.25, 0.3) is 0 Å². The molecule has 0 fully saturated rings. The molecule has 0 aromatic rings. The van der Waals surface area contributed by atoms with E-state index in [1.807, 2.05) is 0 Å². The average Bonchev–Trinajstić information content (AvgIpc) is 0. The van der Waals surface area contributed by atoms with E-state index in [9.17, 15) is 0 Å². The third-order valence-electron chi connectivity index (χ3n) is 0. The van der Waals surface area contributed by atoms with Gasteiger partial charge in [-0.15, -0.1) is 0 Å². The van der Waals surface area contributed by atoms with E-state index >= 15 is 0 Å². The van der Waals surface area contributed by atoms with Crippen molar-refractivity contribution in [2.45, 2.75) is 52.0 Å². The zero-order valence-electron chi connectivity index (χ0n) is 5.66. The van der Waals surface area contributed by atoms with Gasteiger partial charge in [0.1, 0.15) is 0 Å². The van der Waals surface area contributed by atoms with E-state index in [0.717, 1.165) is 0 Å². The summed E-state index contributed by atoms with van der Waals surface area (Å²) in [5, 5.41) is 0. The molecule has 0 radical (unpaired) electrons. The first-order valence-corrected chi connectivity index (χ1v) is 0. The van der Waals surface area contributed by atoms with Gasteiger partial charge in [-0.3, -0.25) is 0 Å². The first-order valence-electron chi connectivity index (χ1n) is 0. The Morgan fingerprint density at radius 2 is 0.200 bits per heavy atom. The van der Waals surface area contributed by atoms with Crippen molar-refractivity contribution in [2.75, 3.05) is 0 Å². The molecule has 2 unspecified atom stereocenters. The number of hydrogen-bond acceptors (Lipinski definition) is 6. The maximum atomic E-state index is 0. The molecule has 0 aromatic heterocycles. The van der Waals surface area contributed by atoms with Gasteiger partial charge in [0.25, 0.3) is 0 Å². The molecule has 6 nitrogen and oxygen atoms in total. The van der Waals surface area contributed by atoms with Gasteiger partial charge in [0.05, 0.1) is 0 Å². The van der Waals surface area contributed by atoms with Crippen molar-refractivity contribution in [2.24, 2.45) is 0 Å². The van der Waals surface area contributed by atoms with Gasteiger partial charge in [-0.05, 0) is 0 Å². The van der Waals surface area contributed by atoms with Gasteiger partial charge in [-0.2, -0.15) is 19.8 Å². The van der Waals surface area contributed by atoms with Gasteiger partial charge in [0, 0.05) is 0 Å². The maximum Gasteiger partial charge on any atom is -0.0776 e. The predicted molar refractivity (Wildman–Crippen MR) is 99.5 cm³/mol. The predicted octanol–water partition coefficient (Wildman–Crippen LogP) is 5.54. The van der Waals surface area contributed by atoms with Gasteiger partial charge in [-0.1, -0.05) is 52.0 Å². The van der Waals surface area contributed by atoms with Gasteiger partial charge < -0.3 is 36.9 Å². The van der Waals surface area contributed by atoms with Crippen LogP contribution in [0.2, 0.25) is 0 Å². The summed E-state index contributed by atoms with van der Waals surface area (Å²) in [6.07, 6.45) is 0. The lowest BCUT2D eigenvalue weighted by atomic mass is 12.0. The molecule has 0 heterocycles. The van der Waals surface area contributed by atoms with Crippen molar-refractivity contribution in [1.29, 1.82) is 0 Å².